The molecule has 3 rings (SSSR count). The van der Waals surface area contributed by atoms with Crippen molar-refractivity contribution in [2.45, 2.75) is 39.2 Å². The van der Waals surface area contributed by atoms with E-state index >= 15 is 0 Å². The molecule has 8 nitrogen and oxygen atoms in total. The lowest BCUT2D eigenvalue weighted by atomic mass is 9.81. The molecular weight excluding hydrogens is 374 g/mol. The highest BCUT2D eigenvalue weighted by atomic mass is 35.5. The van der Waals surface area contributed by atoms with E-state index in [0.29, 0.717) is 30.8 Å². The van der Waals surface area contributed by atoms with Gasteiger partial charge in [0.1, 0.15) is 0 Å². The van der Waals surface area contributed by atoms with Gasteiger partial charge in [-0.2, -0.15) is 0 Å². The molecule has 3 atom stereocenters. The standard InChI is InChI=1S/C18H23N3O5.ClH/c1-11-14(6-3-7-15(11)21(25)26)19-16(22)12(2)20-9-13-5-4-8-18(13,10-20)17(23)24;/h3,6-7,12-13H,4-5,8-10H2,1-2H3,(H,19,22)(H,23,24);1H/t12?,13-,18+;/m0./s1. The highest BCUT2D eigenvalue weighted by Crippen LogP contribution is 2.49. The first-order chi connectivity index (χ1) is 12.3. The summed E-state index contributed by atoms with van der Waals surface area (Å²) in [5.41, 5.74) is 0.0217. The van der Waals surface area contributed by atoms with Gasteiger partial charge in [-0.15, -0.1) is 12.4 Å². The van der Waals surface area contributed by atoms with Gasteiger partial charge in [-0.3, -0.25) is 24.6 Å². The number of fused-ring (bicyclic) bond motifs is 1. The number of halogens is 1. The van der Waals surface area contributed by atoms with Crippen molar-refractivity contribution in [3.8, 4) is 0 Å². The topological polar surface area (TPSA) is 113 Å². The predicted octanol–water partition coefficient (Wildman–Crippen LogP) is 2.84. The van der Waals surface area contributed by atoms with Crippen molar-refractivity contribution in [1.82, 2.24) is 4.90 Å². The number of nitro groups is 1. The molecule has 1 unspecified atom stereocenters. The van der Waals surface area contributed by atoms with Gasteiger partial charge in [-0.1, -0.05) is 12.5 Å². The molecule has 2 aliphatic rings. The molecule has 0 bridgehead atoms. The Bertz CT molecular complexity index is 771. The Morgan fingerprint density at radius 1 is 1.44 bits per heavy atom. The zero-order valence-corrected chi connectivity index (χ0v) is 16.1. The van der Waals surface area contributed by atoms with Gasteiger partial charge in [0.25, 0.3) is 5.69 Å². The van der Waals surface area contributed by atoms with E-state index < -0.39 is 22.3 Å². The zero-order chi connectivity index (χ0) is 19.1. The Morgan fingerprint density at radius 3 is 2.74 bits per heavy atom. The molecule has 1 amide bonds. The van der Waals surface area contributed by atoms with Crippen molar-refractivity contribution in [1.29, 1.82) is 0 Å². The number of carboxylic acids is 1. The number of likely N-dealkylation sites (tertiary alicyclic amines) is 1. The molecule has 1 heterocycles. The molecule has 0 aromatic heterocycles. The van der Waals surface area contributed by atoms with Gasteiger partial charge >= 0.3 is 5.97 Å². The SMILES string of the molecule is Cc1c(NC(=O)C(C)N2C[C@@H]3CCC[C@@]3(C(=O)O)C2)cccc1[N+](=O)[O-].Cl. The number of aliphatic carboxylic acids is 1. The maximum absolute atomic E-state index is 12.7. The van der Waals surface area contributed by atoms with Gasteiger partial charge in [0.2, 0.25) is 5.91 Å². The first-order valence-corrected chi connectivity index (χ1v) is 8.78. The molecular formula is C18H24ClN3O5. The Kier molecular flexibility index (Phi) is 6.11. The van der Waals surface area contributed by atoms with Gasteiger partial charge in [-0.25, -0.2) is 0 Å². The fraction of sp³-hybridized carbons (Fsp3) is 0.556. The molecule has 1 aliphatic heterocycles. The van der Waals surface area contributed by atoms with Crippen LogP contribution in [0.4, 0.5) is 11.4 Å². The summed E-state index contributed by atoms with van der Waals surface area (Å²) in [5, 5.41) is 23.5. The van der Waals surface area contributed by atoms with E-state index in [1.165, 1.54) is 12.1 Å². The number of rotatable bonds is 5. The van der Waals surface area contributed by atoms with Crippen LogP contribution in [0.3, 0.4) is 0 Å². The third-order valence-corrected chi connectivity index (χ3v) is 6.01. The Hall–Kier alpha value is -2.19. The number of nitrogens with zero attached hydrogens (tertiary/aromatic N) is 2. The molecule has 1 saturated carbocycles. The van der Waals surface area contributed by atoms with Crippen LogP contribution in [0.15, 0.2) is 18.2 Å². The van der Waals surface area contributed by atoms with Crippen LogP contribution in [0, 0.1) is 28.4 Å². The minimum atomic E-state index is -0.773. The molecule has 27 heavy (non-hydrogen) atoms. The average Bonchev–Trinajstić information content (AvgIpc) is 3.14. The third-order valence-electron chi connectivity index (χ3n) is 6.01. The number of anilines is 1. The molecule has 0 radical (unpaired) electrons. The van der Waals surface area contributed by atoms with Gasteiger partial charge in [0.15, 0.2) is 0 Å². The number of carbonyl (C=O) groups excluding carboxylic acids is 1. The van der Waals surface area contributed by atoms with Crippen LogP contribution < -0.4 is 5.32 Å². The Labute approximate surface area is 163 Å². The smallest absolute Gasteiger partial charge is 0.311 e. The van der Waals surface area contributed by atoms with Crippen molar-refractivity contribution in [2.75, 3.05) is 18.4 Å². The van der Waals surface area contributed by atoms with E-state index in [-0.39, 0.29) is 29.9 Å². The maximum Gasteiger partial charge on any atom is 0.311 e. The van der Waals surface area contributed by atoms with Crippen molar-refractivity contribution < 1.29 is 19.6 Å². The summed E-state index contributed by atoms with van der Waals surface area (Å²) in [6.07, 6.45) is 2.45. The van der Waals surface area contributed by atoms with Crippen LogP contribution in [0.5, 0.6) is 0 Å². The number of carbonyl (C=O) groups is 2. The lowest BCUT2D eigenvalue weighted by molar-refractivity contribution is -0.385. The highest BCUT2D eigenvalue weighted by molar-refractivity contribution is 5.95. The lowest BCUT2D eigenvalue weighted by Gasteiger charge is -2.26. The quantitative estimate of drug-likeness (QED) is 0.583. The van der Waals surface area contributed by atoms with E-state index in [2.05, 4.69) is 5.32 Å². The summed E-state index contributed by atoms with van der Waals surface area (Å²) >= 11 is 0. The molecule has 2 N–H and O–H groups in total. The normalized spacial score (nSPS) is 25.3. The Morgan fingerprint density at radius 2 is 2.15 bits per heavy atom. The number of hydrogen-bond donors (Lipinski definition) is 2. The summed E-state index contributed by atoms with van der Waals surface area (Å²) in [5.74, 6) is -0.978. The van der Waals surface area contributed by atoms with E-state index in [1.807, 2.05) is 4.90 Å². The van der Waals surface area contributed by atoms with Crippen molar-refractivity contribution in [3.63, 3.8) is 0 Å². The number of hydrogen-bond acceptors (Lipinski definition) is 5. The number of nitrogens with one attached hydrogen (secondary N) is 1. The summed E-state index contributed by atoms with van der Waals surface area (Å²) in [6, 6.07) is 4.05. The van der Waals surface area contributed by atoms with Crippen molar-refractivity contribution in [3.05, 3.63) is 33.9 Å². The lowest BCUT2D eigenvalue weighted by Crippen LogP contribution is -2.43. The van der Waals surface area contributed by atoms with Gasteiger partial charge < -0.3 is 10.4 Å². The first kappa shape index (κ1) is 21.1. The molecule has 1 aliphatic carbocycles. The molecule has 9 heteroatoms. The third kappa shape index (κ3) is 3.64. The summed E-state index contributed by atoms with van der Waals surface area (Å²) < 4.78 is 0. The van der Waals surface area contributed by atoms with Crippen LogP contribution in [0.1, 0.15) is 31.7 Å². The van der Waals surface area contributed by atoms with Gasteiger partial charge in [-0.05, 0) is 38.7 Å². The number of nitro benzene ring substituents is 1. The van der Waals surface area contributed by atoms with E-state index in [1.54, 1.807) is 19.9 Å². The number of amides is 1. The first-order valence-electron chi connectivity index (χ1n) is 8.78. The second-order valence-electron chi connectivity index (χ2n) is 7.35. The number of benzene rings is 1. The predicted molar refractivity (Wildman–Crippen MR) is 102 cm³/mol. The Balaban J connectivity index is 0.00000261. The molecule has 0 spiro atoms. The van der Waals surface area contributed by atoms with Crippen LogP contribution in [0.25, 0.3) is 0 Å². The van der Waals surface area contributed by atoms with Crippen molar-refractivity contribution in [2.24, 2.45) is 11.3 Å². The van der Waals surface area contributed by atoms with E-state index in [9.17, 15) is 24.8 Å². The molecule has 2 fully saturated rings. The summed E-state index contributed by atoms with van der Waals surface area (Å²) in [6.45, 7) is 4.31. The van der Waals surface area contributed by atoms with Gasteiger partial charge in [0.05, 0.1) is 27.6 Å². The monoisotopic (exact) mass is 397 g/mol. The van der Waals surface area contributed by atoms with Crippen LogP contribution in [0.2, 0.25) is 0 Å². The minimum Gasteiger partial charge on any atom is -0.481 e. The summed E-state index contributed by atoms with van der Waals surface area (Å²) in [7, 11) is 0. The van der Waals surface area contributed by atoms with E-state index in [0.717, 1.165) is 12.8 Å². The minimum absolute atomic E-state index is 0. The molecule has 148 valence electrons. The average molecular weight is 398 g/mol. The molecule has 1 aromatic rings. The van der Waals surface area contributed by atoms with E-state index in [4.69, 9.17) is 0 Å². The maximum atomic E-state index is 12.7. The fourth-order valence-electron chi connectivity index (χ4n) is 4.33. The van der Waals surface area contributed by atoms with Crippen LogP contribution in [-0.2, 0) is 9.59 Å². The summed E-state index contributed by atoms with van der Waals surface area (Å²) in [4.78, 5) is 36.9. The fourth-order valence-corrected chi connectivity index (χ4v) is 4.33. The largest absolute Gasteiger partial charge is 0.481 e. The second-order valence-corrected chi connectivity index (χ2v) is 7.35. The number of carboxylic acid groups (broad SMARTS) is 1. The molecule has 1 aromatic carbocycles. The van der Waals surface area contributed by atoms with Crippen LogP contribution >= 0.6 is 12.4 Å². The van der Waals surface area contributed by atoms with Crippen molar-refractivity contribution >= 4 is 35.7 Å². The van der Waals surface area contributed by atoms with Crippen LogP contribution in [-0.4, -0.2) is 45.9 Å². The highest BCUT2D eigenvalue weighted by Gasteiger charge is 2.55. The second kappa shape index (κ2) is 7.82. The molecule has 1 saturated heterocycles. The zero-order valence-electron chi connectivity index (χ0n) is 15.3. The van der Waals surface area contributed by atoms with Gasteiger partial charge in [0, 0.05) is 19.2 Å².